The molecule has 0 fully saturated rings. The average Bonchev–Trinajstić information content (AvgIpc) is 2.71. The third-order valence-electron chi connectivity index (χ3n) is 2.32. The number of nitrogens with two attached hydrogens (primary N) is 1. The van der Waals surface area contributed by atoms with E-state index in [0.717, 1.165) is 0 Å². The molecule has 1 unspecified atom stereocenters. The summed E-state index contributed by atoms with van der Waals surface area (Å²) in [5, 5.41) is 0. The number of rotatable bonds is 5. The van der Waals surface area contributed by atoms with Crippen molar-refractivity contribution in [2.24, 2.45) is 0 Å². The topological polar surface area (TPSA) is 99.1 Å². The van der Waals surface area contributed by atoms with E-state index >= 15 is 0 Å². The molecule has 2 aromatic rings. The molecular formula is C9H14N5O2P. The molecular weight excluding hydrogens is 241 g/mol. The molecule has 92 valence electrons. The second-order valence-corrected chi connectivity index (χ2v) is 4.21. The number of fused-ring (bicyclic) bond motifs is 1. The molecule has 0 saturated heterocycles. The summed E-state index contributed by atoms with van der Waals surface area (Å²) in [7, 11) is -0.195. The summed E-state index contributed by atoms with van der Waals surface area (Å²) in [5.41, 5.74) is 6.98. The van der Waals surface area contributed by atoms with E-state index in [4.69, 9.17) is 15.4 Å². The van der Waals surface area contributed by atoms with Crippen LogP contribution in [0.15, 0.2) is 12.7 Å². The van der Waals surface area contributed by atoms with E-state index in [-0.39, 0.29) is 14.9 Å². The van der Waals surface area contributed by atoms with Gasteiger partial charge in [0, 0.05) is 8.81 Å². The van der Waals surface area contributed by atoms with Crippen LogP contribution in [0.25, 0.3) is 11.2 Å². The number of ether oxygens (including phenoxy) is 1. The van der Waals surface area contributed by atoms with E-state index in [1.807, 2.05) is 11.5 Å². The van der Waals surface area contributed by atoms with Gasteiger partial charge in [-0.15, -0.1) is 0 Å². The van der Waals surface area contributed by atoms with Crippen molar-refractivity contribution in [2.75, 3.05) is 12.1 Å². The van der Waals surface area contributed by atoms with Crippen molar-refractivity contribution < 1.29 is 9.63 Å². The highest BCUT2D eigenvalue weighted by molar-refractivity contribution is 7.30. The highest BCUT2D eigenvalue weighted by Gasteiger charge is 2.10. The molecule has 8 heteroatoms. The lowest BCUT2D eigenvalue weighted by Crippen LogP contribution is -2.16. The van der Waals surface area contributed by atoms with Crippen molar-refractivity contribution in [3.8, 4) is 0 Å². The largest absolute Gasteiger partial charge is 0.382 e. The van der Waals surface area contributed by atoms with E-state index in [0.29, 0.717) is 29.9 Å². The third-order valence-corrected chi connectivity index (χ3v) is 2.61. The number of nitrogens with zero attached hydrogens (tertiary/aromatic N) is 4. The van der Waals surface area contributed by atoms with Gasteiger partial charge >= 0.3 is 0 Å². The van der Waals surface area contributed by atoms with Crippen molar-refractivity contribution >= 4 is 25.8 Å². The smallest absolute Gasteiger partial charge is 0.165 e. The predicted molar refractivity (Wildman–Crippen MR) is 65.7 cm³/mol. The Kier molecular flexibility index (Phi) is 3.83. The molecule has 2 atom stereocenters. The monoisotopic (exact) mass is 255 g/mol. The highest BCUT2D eigenvalue weighted by Crippen LogP contribution is 2.15. The van der Waals surface area contributed by atoms with E-state index < -0.39 is 0 Å². The van der Waals surface area contributed by atoms with E-state index in [1.54, 1.807) is 6.33 Å². The molecule has 0 aliphatic carbocycles. The van der Waals surface area contributed by atoms with Gasteiger partial charge in [0.05, 0.1) is 25.3 Å². The number of imidazole rings is 1. The van der Waals surface area contributed by atoms with Gasteiger partial charge in [0.2, 0.25) is 0 Å². The minimum atomic E-state index is -0.195. The van der Waals surface area contributed by atoms with Crippen molar-refractivity contribution in [3.05, 3.63) is 12.7 Å². The Balaban J connectivity index is 2.16. The zero-order valence-electron chi connectivity index (χ0n) is 9.37. The average molecular weight is 255 g/mol. The first kappa shape index (κ1) is 12.2. The Hall–Kier alpha value is -1.30. The van der Waals surface area contributed by atoms with Gasteiger partial charge in [-0.25, -0.2) is 15.0 Å². The van der Waals surface area contributed by atoms with Crippen LogP contribution in [0.4, 0.5) is 5.82 Å². The zero-order chi connectivity index (χ0) is 12.3. The standard InChI is InChI=1S/C9H14N5O2P/c1-6(16-5-17-15)2-14-4-13-7-8(10)11-3-12-9(7)14/h3-4,6,15,17H,2,5H2,1H3,(H2,10,11,12)/t6-/m1/s1. The number of hydrogen-bond acceptors (Lipinski definition) is 6. The first-order valence-corrected chi connectivity index (χ1v) is 6.27. The Morgan fingerprint density at radius 2 is 2.35 bits per heavy atom. The first-order chi connectivity index (χ1) is 8.22. The van der Waals surface area contributed by atoms with E-state index in [1.165, 1.54) is 6.33 Å². The van der Waals surface area contributed by atoms with Crippen LogP contribution in [-0.4, -0.2) is 36.9 Å². The quantitative estimate of drug-likeness (QED) is 0.748. The number of hydrogen-bond donors (Lipinski definition) is 2. The van der Waals surface area contributed by atoms with Crippen molar-refractivity contribution in [2.45, 2.75) is 19.6 Å². The molecule has 2 rings (SSSR count). The highest BCUT2D eigenvalue weighted by atomic mass is 31.1. The number of nitrogen functional groups attached to an aromatic ring is 1. The van der Waals surface area contributed by atoms with E-state index in [2.05, 4.69) is 15.0 Å². The van der Waals surface area contributed by atoms with Gasteiger partial charge < -0.3 is 19.9 Å². The number of anilines is 1. The summed E-state index contributed by atoms with van der Waals surface area (Å²) >= 11 is 0. The van der Waals surface area contributed by atoms with Crippen molar-refractivity contribution in [1.82, 2.24) is 19.5 Å². The second kappa shape index (κ2) is 5.35. The van der Waals surface area contributed by atoms with Gasteiger partial charge in [0.15, 0.2) is 11.5 Å². The summed E-state index contributed by atoms with van der Waals surface area (Å²) in [6.07, 6.45) is 3.40. The Morgan fingerprint density at radius 3 is 3.12 bits per heavy atom. The fourth-order valence-electron chi connectivity index (χ4n) is 1.54. The Bertz CT molecular complexity index is 503. The molecule has 3 N–H and O–H groups in total. The minimum Gasteiger partial charge on any atom is -0.382 e. The van der Waals surface area contributed by atoms with Crippen LogP contribution >= 0.6 is 8.81 Å². The fraction of sp³-hybridized carbons (Fsp3) is 0.444. The van der Waals surface area contributed by atoms with Crippen LogP contribution < -0.4 is 5.73 Å². The van der Waals surface area contributed by atoms with Crippen LogP contribution in [0.3, 0.4) is 0 Å². The molecule has 0 saturated carbocycles. The SMILES string of the molecule is C[C@H](Cn1cnc2c(N)ncnc21)OCPO. The minimum absolute atomic E-state index is 0.0248. The van der Waals surface area contributed by atoms with Crippen molar-refractivity contribution in [3.63, 3.8) is 0 Å². The fourth-order valence-corrected chi connectivity index (χ4v) is 1.90. The lowest BCUT2D eigenvalue weighted by Gasteiger charge is -2.12. The van der Waals surface area contributed by atoms with Crippen LogP contribution in [0.5, 0.6) is 0 Å². The van der Waals surface area contributed by atoms with Crippen LogP contribution in [-0.2, 0) is 11.3 Å². The maximum atomic E-state index is 8.70. The van der Waals surface area contributed by atoms with Crippen LogP contribution in [0.1, 0.15) is 6.92 Å². The molecule has 7 nitrogen and oxygen atoms in total. The summed E-state index contributed by atoms with van der Waals surface area (Å²) in [6.45, 7) is 2.54. The first-order valence-electron chi connectivity index (χ1n) is 5.12. The zero-order valence-corrected chi connectivity index (χ0v) is 10.4. The molecule has 17 heavy (non-hydrogen) atoms. The van der Waals surface area contributed by atoms with Crippen molar-refractivity contribution in [1.29, 1.82) is 0 Å². The molecule has 0 aliphatic rings. The van der Waals surface area contributed by atoms with Crippen LogP contribution in [0.2, 0.25) is 0 Å². The van der Waals surface area contributed by atoms with E-state index in [9.17, 15) is 0 Å². The Morgan fingerprint density at radius 1 is 1.53 bits per heavy atom. The molecule has 0 amide bonds. The molecule has 0 spiro atoms. The van der Waals surface area contributed by atoms with Gasteiger partial charge in [-0.3, -0.25) is 0 Å². The molecule has 0 radical (unpaired) electrons. The molecule has 0 bridgehead atoms. The molecule has 2 aromatic heterocycles. The van der Waals surface area contributed by atoms with Gasteiger partial charge in [0.1, 0.15) is 11.8 Å². The summed E-state index contributed by atoms with van der Waals surface area (Å²) in [5.74, 6) is 0.374. The third kappa shape index (κ3) is 2.69. The normalized spacial score (nSPS) is 13.8. The molecule has 0 aromatic carbocycles. The van der Waals surface area contributed by atoms with Crippen LogP contribution in [0, 0.1) is 0 Å². The summed E-state index contributed by atoms with van der Waals surface area (Å²) in [6, 6.07) is 0. The maximum absolute atomic E-state index is 8.70. The predicted octanol–water partition coefficient (Wildman–Crippen LogP) is 0.357. The molecule has 0 aliphatic heterocycles. The van der Waals surface area contributed by atoms with Gasteiger partial charge in [-0.2, -0.15) is 0 Å². The summed E-state index contributed by atoms with van der Waals surface area (Å²) < 4.78 is 7.24. The van der Waals surface area contributed by atoms with Gasteiger partial charge in [-0.05, 0) is 6.92 Å². The number of aromatic nitrogens is 4. The Labute approximate surface area is 99.9 Å². The lowest BCUT2D eigenvalue weighted by atomic mass is 10.4. The molecule has 2 heterocycles. The second-order valence-electron chi connectivity index (χ2n) is 3.61. The summed E-state index contributed by atoms with van der Waals surface area (Å²) in [4.78, 5) is 20.9. The van der Waals surface area contributed by atoms with Gasteiger partial charge in [-0.1, -0.05) is 0 Å². The maximum Gasteiger partial charge on any atom is 0.165 e. The van der Waals surface area contributed by atoms with Gasteiger partial charge in [0.25, 0.3) is 0 Å². The lowest BCUT2D eigenvalue weighted by molar-refractivity contribution is 0.0878.